The van der Waals surface area contributed by atoms with Gasteiger partial charge < -0.3 is 10.2 Å². The Kier molecular flexibility index (Phi) is 4.36. The number of non-ortho nitro benzene ring substituents is 1. The van der Waals surface area contributed by atoms with Gasteiger partial charge in [0.15, 0.2) is 0 Å². The van der Waals surface area contributed by atoms with Crippen molar-refractivity contribution in [1.82, 2.24) is 5.32 Å². The van der Waals surface area contributed by atoms with Crippen LogP contribution in [-0.2, 0) is 6.54 Å². The van der Waals surface area contributed by atoms with Gasteiger partial charge in [-0.1, -0.05) is 12.1 Å². The molecule has 16 heavy (non-hydrogen) atoms. The van der Waals surface area contributed by atoms with Gasteiger partial charge in [-0.25, -0.2) is 0 Å². The molecule has 0 fully saturated rings. The molecule has 0 aliphatic rings. The Morgan fingerprint density at radius 3 is 2.38 bits per heavy atom. The molecule has 0 radical (unpaired) electrons. The molecule has 0 saturated carbocycles. The molecule has 0 saturated heterocycles. The number of nitro benzene ring substituents is 1. The van der Waals surface area contributed by atoms with E-state index in [1.54, 1.807) is 12.1 Å². The molecule has 6 heteroatoms. The van der Waals surface area contributed by atoms with Crippen LogP contribution in [0.25, 0.3) is 0 Å². The fourth-order valence-corrected chi connectivity index (χ4v) is 1.13. The monoisotopic (exact) mass is 226 g/mol. The molecular formula is C10H14N2O4. The second-order valence-electron chi connectivity index (χ2n) is 3.49. The zero-order valence-electron chi connectivity index (χ0n) is 8.83. The molecule has 1 rings (SSSR count). The Bertz CT molecular complexity index is 350. The van der Waals surface area contributed by atoms with Crippen LogP contribution in [0.15, 0.2) is 24.3 Å². The maximum absolute atomic E-state index is 10.4. The molecule has 0 heterocycles. The summed E-state index contributed by atoms with van der Waals surface area (Å²) in [6, 6.07) is 5.98. The first kappa shape index (κ1) is 12.6. The summed E-state index contributed by atoms with van der Waals surface area (Å²) in [4.78, 5) is 9.91. The smallest absolute Gasteiger partial charge is 0.269 e. The second-order valence-corrected chi connectivity index (χ2v) is 3.49. The highest BCUT2D eigenvalue weighted by atomic mass is 16.6. The molecular weight excluding hydrogens is 212 g/mol. The Morgan fingerprint density at radius 2 is 1.94 bits per heavy atom. The first-order chi connectivity index (χ1) is 7.50. The third-order valence-corrected chi connectivity index (χ3v) is 2.12. The molecule has 1 aromatic carbocycles. The van der Waals surface area contributed by atoms with Crippen LogP contribution in [0, 0.1) is 10.1 Å². The first-order valence-electron chi connectivity index (χ1n) is 4.83. The molecule has 0 aromatic heterocycles. The number of hydrogen-bond donors (Lipinski definition) is 3. The minimum atomic E-state index is -1.00. The van der Waals surface area contributed by atoms with Gasteiger partial charge in [0.25, 0.3) is 5.69 Å². The summed E-state index contributed by atoms with van der Waals surface area (Å²) in [6.07, 6.45) is -1.87. The molecule has 1 unspecified atom stereocenters. The van der Waals surface area contributed by atoms with Crippen molar-refractivity contribution in [1.29, 1.82) is 0 Å². The van der Waals surface area contributed by atoms with Crippen molar-refractivity contribution in [2.45, 2.75) is 25.8 Å². The highest BCUT2D eigenvalue weighted by Crippen LogP contribution is 2.11. The zero-order valence-corrected chi connectivity index (χ0v) is 8.83. The number of aliphatic hydroxyl groups excluding tert-OH is 2. The second kappa shape index (κ2) is 5.55. The van der Waals surface area contributed by atoms with Crippen LogP contribution in [0.2, 0.25) is 0 Å². The van der Waals surface area contributed by atoms with E-state index in [9.17, 15) is 15.2 Å². The fourth-order valence-electron chi connectivity index (χ4n) is 1.13. The average molecular weight is 226 g/mol. The number of benzene rings is 1. The van der Waals surface area contributed by atoms with Gasteiger partial charge >= 0.3 is 0 Å². The molecule has 0 aliphatic carbocycles. The molecule has 2 atom stereocenters. The van der Waals surface area contributed by atoms with Gasteiger partial charge in [-0.3, -0.25) is 15.4 Å². The van der Waals surface area contributed by atoms with E-state index >= 15 is 0 Å². The van der Waals surface area contributed by atoms with E-state index in [0.717, 1.165) is 5.56 Å². The summed E-state index contributed by atoms with van der Waals surface area (Å²) < 4.78 is 0. The van der Waals surface area contributed by atoms with E-state index < -0.39 is 17.3 Å². The third-order valence-electron chi connectivity index (χ3n) is 2.12. The highest BCUT2D eigenvalue weighted by molar-refractivity contribution is 5.32. The Labute approximate surface area is 92.7 Å². The van der Waals surface area contributed by atoms with Crippen LogP contribution in [0.3, 0.4) is 0 Å². The van der Waals surface area contributed by atoms with Crippen LogP contribution < -0.4 is 5.32 Å². The summed E-state index contributed by atoms with van der Waals surface area (Å²) in [5.74, 6) is 0. The van der Waals surface area contributed by atoms with Crippen molar-refractivity contribution in [3.8, 4) is 0 Å². The van der Waals surface area contributed by atoms with Gasteiger partial charge in [-0.05, 0) is 12.5 Å². The normalized spacial score (nSPS) is 14.4. The molecule has 0 spiro atoms. The summed E-state index contributed by atoms with van der Waals surface area (Å²) in [6.45, 7) is 1.80. The van der Waals surface area contributed by atoms with Crippen molar-refractivity contribution in [3.63, 3.8) is 0 Å². The van der Waals surface area contributed by atoms with Crippen molar-refractivity contribution >= 4 is 5.69 Å². The standard InChI is InChI=1S/C10H14N2O4/c1-7(13)10(14)11-6-8-2-4-9(5-3-8)12(15)16/h2-5,7,10-11,13-14H,6H2,1H3/t7?,10-/m0/s1. The molecule has 3 N–H and O–H groups in total. The van der Waals surface area contributed by atoms with Gasteiger partial charge in [0.2, 0.25) is 0 Å². The van der Waals surface area contributed by atoms with E-state index in [2.05, 4.69) is 5.32 Å². The Hall–Kier alpha value is -1.50. The topological polar surface area (TPSA) is 95.6 Å². The maximum atomic E-state index is 10.4. The maximum Gasteiger partial charge on any atom is 0.269 e. The Balaban J connectivity index is 2.53. The minimum Gasteiger partial charge on any atom is -0.389 e. The number of rotatable bonds is 5. The van der Waals surface area contributed by atoms with Crippen molar-refractivity contribution in [2.24, 2.45) is 0 Å². The molecule has 1 aromatic rings. The minimum absolute atomic E-state index is 0.0276. The number of nitro groups is 1. The average Bonchev–Trinajstić information content (AvgIpc) is 2.26. The van der Waals surface area contributed by atoms with Crippen LogP contribution in [0.4, 0.5) is 5.69 Å². The lowest BCUT2D eigenvalue weighted by molar-refractivity contribution is -0.384. The van der Waals surface area contributed by atoms with Gasteiger partial charge in [0, 0.05) is 18.7 Å². The van der Waals surface area contributed by atoms with Crippen molar-refractivity contribution in [2.75, 3.05) is 0 Å². The largest absolute Gasteiger partial charge is 0.389 e. The number of hydrogen-bond acceptors (Lipinski definition) is 5. The van der Waals surface area contributed by atoms with Gasteiger partial charge in [0.1, 0.15) is 6.23 Å². The van der Waals surface area contributed by atoms with Crippen molar-refractivity contribution in [3.05, 3.63) is 39.9 Å². The summed E-state index contributed by atoms with van der Waals surface area (Å²) in [7, 11) is 0. The van der Waals surface area contributed by atoms with Crippen LogP contribution in [-0.4, -0.2) is 27.5 Å². The third kappa shape index (κ3) is 3.58. The first-order valence-corrected chi connectivity index (χ1v) is 4.83. The molecule has 0 amide bonds. The SMILES string of the molecule is CC(O)[C@H](O)NCc1ccc([N+](=O)[O-])cc1. The number of nitrogens with one attached hydrogen (secondary N) is 1. The van der Waals surface area contributed by atoms with E-state index in [0.29, 0.717) is 6.54 Å². The predicted molar refractivity (Wildman–Crippen MR) is 57.6 cm³/mol. The summed E-state index contributed by atoms with van der Waals surface area (Å²) in [5.41, 5.74) is 0.824. The van der Waals surface area contributed by atoms with E-state index in [4.69, 9.17) is 5.11 Å². The van der Waals surface area contributed by atoms with Crippen LogP contribution in [0.1, 0.15) is 12.5 Å². The molecule has 0 aliphatic heterocycles. The van der Waals surface area contributed by atoms with Crippen LogP contribution in [0.5, 0.6) is 0 Å². The van der Waals surface area contributed by atoms with E-state index in [-0.39, 0.29) is 5.69 Å². The quantitative estimate of drug-likeness (QED) is 0.383. The van der Waals surface area contributed by atoms with Gasteiger partial charge in [-0.2, -0.15) is 0 Å². The highest BCUT2D eigenvalue weighted by Gasteiger charge is 2.10. The van der Waals surface area contributed by atoms with E-state index in [1.807, 2.05) is 0 Å². The summed E-state index contributed by atoms with van der Waals surface area (Å²) in [5, 5.41) is 31.3. The number of aliphatic hydroxyl groups is 2. The molecule has 88 valence electrons. The van der Waals surface area contributed by atoms with E-state index in [1.165, 1.54) is 19.1 Å². The lowest BCUT2D eigenvalue weighted by Gasteiger charge is -2.15. The number of nitrogens with zero attached hydrogens (tertiary/aromatic N) is 1. The zero-order chi connectivity index (χ0) is 12.1. The fraction of sp³-hybridized carbons (Fsp3) is 0.400. The van der Waals surface area contributed by atoms with Crippen LogP contribution >= 0.6 is 0 Å². The molecule has 0 bridgehead atoms. The Morgan fingerprint density at radius 1 is 1.38 bits per heavy atom. The summed E-state index contributed by atoms with van der Waals surface area (Å²) >= 11 is 0. The van der Waals surface area contributed by atoms with Crippen molar-refractivity contribution < 1.29 is 15.1 Å². The predicted octanol–water partition coefficient (Wildman–Crippen LogP) is 0.384. The van der Waals surface area contributed by atoms with Gasteiger partial charge in [0.05, 0.1) is 11.0 Å². The lowest BCUT2D eigenvalue weighted by Crippen LogP contribution is -2.37. The molecule has 6 nitrogen and oxygen atoms in total. The lowest BCUT2D eigenvalue weighted by atomic mass is 10.2. The van der Waals surface area contributed by atoms with Gasteiger partial charge in [-0.15, -0.1) is 0 Å².